The Morgan fingerprint density at radius 1 is 1.75 bits per heavy atom. The average molecular weight is 126 g/mol. The summed E-state index contributed by atoms with van der Waals surface area (Å²) in [5.74, 6) is -1.23. The molecule has 0 atom stereocenters. The number of aliphatic carboxylic acids is 1. The normalized spacial score (nSPS) is 7.25. The molecule has 0 aliphatic rings. The van der Waals surface area contributed by atoms with Crippen LogP contribution in [-0.2, 0) is 4.79 Å². The zero-order valence-corrected chi connectivity index (χ0v) is 7.01. The topological polar surface area (TPSA) is 57.5 Å². The third-order valence-corrected chi connectivity index (χ3v) is 0.582. The number of hydrogen-bond acceptors (Lipinski definition) is 2. The third-order valence-electron chi connectivity index (χ3n) is 0.582. The first-order valence-electron chi connectivity index (χ1n) is 1.96. The molecule has 0 aliphatic heterocycles. The van der Waals surface area contributed by atoms with Gasteiger partial charge in [-0.25, -0.2) is 0 Å². The summed E-state index contributed by atoms with van der Waals surface area (Å²) >= 11 is 0. The van der Waals surface area contributed by atoms with Gasteiger partial charge in [0.05, 0.1) is 0 Å². The summed E-state index contributed by atoms with van der Waals surface area (Å²) in [5, 5.41) is 16.1. The Bertz CT molecular complexity index is 73.7. The predicted octanol–water partition coefficient (Wildman–Crippen LogP) is -2.61. The molecule has 0 heterocycles. The van der Waals surface area contributed by atoms with Crippen LogP contribution in [0, 0.1) is 6.10 Å². The summed E-state index contributed by atoms with van der Waals surface area (Å²) in [6.45, 7) is 1.57. The molecule has 0 saturated carbocycles. The Hall–Kier alpha value is 0.300. The van der Waals surface area contributed by atoms with Crippen LogP contribution >= 0.6 is 0 Å². The van der Waals surface area contributed by atoms with E-state index in [4.69, 9.17) is 10.2 Å². The molecule has 0 fully saturated rings. The van der Waals surface area contributed by atoms with Crippen molar-refractivity contribution in [2.45, 2.75) is 13.3 Å². The van der Waals surface area contributed by atoms with Gasteiger partial charge in [0, 0.05) is 0 Å². The SMILES string of the molecule is CC[C-](O)C(=O)O.[Na+]. The number of hydrogen-bond donors (Lipinski definition) is 2. The molecule has 8 heavy (non-hydrogen) atoms. The van der Waals surface area contributed by atoms with Crippen LogP contribution < -0.4 is 29.6 Å². The molecule has 0 aromatic rings. The summed E-state index contributed by atoms with van der Waals surface area (Å²) in [6, 6.07) is 0. The van der Waals surface area contributed by atoms with Crippen LogP contribution in [0.4, 0.5) is 0 Å². The second-order valence-corrected chi connectivity index (χ2v) is 1.11. The Kier molecular flexibility index (Phi) is 7.57. The number of rotatable bonds is 2. The van der Waals surface area contributed by atoms with Crippen LogP contribution in [0.2, 0.25) is 0 Å². The van der Waals surface area contributed by atoms with Crippen molar-refractivity contribution in [3.05, 3.63) is 6.10 Å². The largest absolute Gasteiger partial charge is 1.00 e. The van der Waals surface area contributed by atoms with Gasteiger partial charge in [-0.15, -0.1) is 6.42 Å². The van der Waals surface area contributed by atoms with Crippen molar-refractivity contribution in [1.82, 2.24) is 0 Å². The zero-order valence-electron chi connectivity index (χ0n) is 5.01. The fourth-order valence-corrected chi connectivity index (χ4v) is 0.151. The molecule has 0 bridgehead atoms. The van der Waals surface area contributed by atoms with Gasteiger partial charge in [0.25, 0.3) is 0 Å². The van der Waals surface area contributed by atoms with Crippen molar-refractivity contribution >= 4 is 5.97 Å². The minimum Gasteiger partial charge on any atom is -0.534 e. The van der Waals surface area contributed by atoms with Gasteiger partial charge in [0.15, 0.2) is 5.97 Å². The van der Waals surface area contributed by atoms with Crippen molar-refractivity contribution in [2.24, 2.45) is 0 Å². The molecule has 0 amide bonds. The minimum absolute atomic E-state index is 0. The first-order chi connectivity index (χ1) is 3.18. The van der Waals surface area contributed by atoms with Crippen molar-refractivity contribution in [2.75, 3.05) is 0 Å². The maximum absolute atomic E-state index is 9.64. The molecule has 0 rings (SSSR count). The van der Waals surface area contributed by atoms with Gasteiger partial charge in [-0.1, -0.05) is 6.92 Å². The Morgan fingerprint density at radius 3 is 2.12 bits per heavy atom. The molecular weight excluding hydrogens is 119 g/mol. The summed E-state index contributed by atoms with van der Waals surface area (Å²) < 4.78 is 0. The molecule has 0 aromatic heterocycles. The Labute approximate surface area is 70.0 Å². The van der Waals surface area contributed by atoms with Crippen LogP contribution in [0.3, 0.4) is 0 Å². The maximum Gasteiger partial charge on any atom is 1.00 e. The summed E-state index contributed by atoms with van der Waals surface area (Å²) in [4.78, 5) is 9.64. The van der Waals surface area contributed by atoms with Gasteiger partial charge in [-0.3, -0.25) is 4.79 Å². The molecule has 2 N–H and O–H groups in total. The quantitative estimate of drug-likeness (QED) is 0.315. The van der Waals surface area contributed by atoms with Crippen molar-refractivity contribution < 1.29 is 44.6 Å². The smallest absolute Gasteiger partial charge is 0.534 e. The minimum atomic E-state index is -1.23. The van der Waals surface area contributed by atoms with E-state index in [1.807, 2.05) is 0 Å². The third kappa shape index (κ3) is 4.46. The first kappa shape index (κ1) is 11.1. The number of carboxylic acid groups (broad SMARTS) is 1. The maximum atomic E-state index is 9.64. The van der Waals surface area contributed by atoms with Gasteiger partial charge in [-0.2, -0.15) is 6.10 Å². The van der Waals surface area contributed by atoms with Crippen LogP contribution in [-0.4, -0.2) is 16.2 Å². The summed E-state index contributed by atoms with van der Waals surface area (Å²) in [6.07, 6.45) is -0.296. The summed E-state index contributed by atoms with van der Waals surface area (Å²) in [5.41, 5.74) is 0. The molecule has 42 valence electrons. The molecule has 0 aromatic carbocycles. The second kappa shape index (κ2) is 5.44. The molecule has 0 aliphatic carbocycles. The number of aliphatic hydroxyl groups is 1. The van der Waals surface area contributed by atoms with Crippen molar-refractivity contribution in [3.63, 3.8) is 0 Å². The van der Waals surface area contributed by atoms with E-state index in [9.17, 15) is 4.79 Å². The van der Waals surface area contributed by atoms with E-state index in [0.29, 0.717) is 0 Å². The number of carbonyl (C=O) groups is 1. The van der Waals surface area contributed by atoms with Gasteiger partial charge in [0.2, 0.25) is 0 Å². The van der Waals surface area contributed by atoms with E-state index in [0.717, 1.165) is 0 Å². The fourth-order valence-electron chi connectivity index (χ4n) is 0.151. The Balaban J connectivity index is 0. The molecule has 3 nitrogen and oxygen atoms in total. The van der Waals surface area contributed by atoms with Gasteiger partial charge in [-0.05, 0) is 0 Å². The van der Waals surface area contributed by atoms with Crippen molar-refractivity contribution in [3.8, 4) is 0 Å². The first-order valence-corrected chi connectivity index (χ1v) is 1.96. The van der Waals surface area contributed by atoms with E-state index in [-0.39, 0.29) is 36.0 Å². The van der Waals surface area contributed by atoms with E-state index in [1.165, 1.54) is 0 Å². The summed E-state index contributed by atoms with van der Waals surface area (Å²) in [7, 11) is 0. The predicted molar refractivity (Wildman–Crippen MR) is 23.1 cm³/mol. The number of aliphatic hydroxyl groups excluding tert-OH is 1. The van der Waals surface area contributed by atoms with Gasteiger partial charge >= 0.3 is 29.6 Å². The van der Waals surface area contributed by atoms with Crippen LogP contribution in [0.1, 0.15) is 13.3 Å². The Morgan fingerprint density at radius 2 is 2.12 bits per heavy atom. The van der Waals surface area contributed by atoms with Crippen LogP contribution in [0.5, 0.6) is 0 Å². The van der Waals surface area contributed by atoms with Crippen molar-refractivity contribution in [1.29, 1.82) is 0 Å². The fraction of sp³-hybridized carbons (Fsp3) is 0.500. The van der Waals surface area contributed by atoms with Gasteiger partial charge < -0.3 is 10.2 Å². The average Bonchev–Trinajstić information content (AvgIpc) is 1.65. The van der Waals surface area contributed by atoms with E-state index < -0.39 is 12.1 Å². The number of carboxylic acids is 1. The van der Waals surface area contributed by atoms with Crippen LogP contribution in [0.25, 0.3) is 0 Å². The molecular formula is C4H7NaO3. The monoisotopic (exact) mass is 126 g/mol. The van der Waals surface area contributed by atoms with E-state index in [1.54, 1.807) is 6.92 Å². The molecule has 4 heteroatoms. The van der Waals surface area contributed by atoms with Gasteiger partial charge in [0.1, 0.15) is 0 Å². The molecule has 0 spiro atoms. The molecule has 0 unspecified atom stereocenters. The standard InChI is InChI=1S/C4H7O3.Na/c1-2-3(5)4(6)7;/h5H,2H2,1H3,(H,6,7);/q-1;+1. The molecule has 0 saturated heterocycles. The van der Waals surface area contributed by atoms with E-state index in [2.05, 4.69) is 0 Å². The second-order valence-electron chi connectivity index (χ2n) is 1.11. The molecule has 0 radical (unpaired) electrons. The van der Waals surface area contributed by atoms with Crippen LogP contribution in [0.15, 0.2) is 0 Å². The van der Waals surface area contributed by atoms with E-state index >= 15 is 0 Å². The zero-order chi connectivity index (χ0) is 5.86.